The van der Waals surface area contributed by atoms with Crippen molar-refractivity contribution >= 4 is 22.7 Å². The predicted octanol–water partition coefficient (Wildman–Crippen LogP) is 3.99. The SMILES string of the molecule is COc1ccc(OC)c([C@@H]2C(C(=O)c3cc4cccc(OC)c4o3)=C(O)C(=O)N2CCCN(C)C)c1. The molecule has 190 valence electrons. The van der Waals surface area contributed by atoms with Crippen LogP contribution in [-0.2, 0) is 4.79 Å². The minimum Gasteiger partial charge on any atom is -0.503 e. The molecule has 0 bridgehead atoms. The van der Waals surface area contributed by atoms with E-state index in [1.165, 1.54) is 26.2 Å². The van der Waals surface area contributed by atoms with Gasteiger partial charge in [0.25, 0.3) is 5.91 Å². The van der Waals surface area contributed by atoms with E-state index in [-0.39, 0.29) is 11.3 Å². The molecule has 2 heterocycles. The summed E-state index contributed by atoms with van der Waals surface area (Å²) in [4.78, 5) is 30.6. The highest BCUT2D eigenvalue weighted by atomic mass is 16.5. The number of ketones is 1. The molecule has 0 aliphatic carbocycles. The minimum atomic E-state index is -0.896. The van der Waals surface area contributed by atoms with E-state index in [1.807, 2.05) is 19.0 Å². The molecule has 1 N–H and O–H groups in total. The second-order valence-electron chi connectivity index (χ2n) is 8.75. The number of carbonyl (C=O) groups is 2. The first-order valence-corrected chi connectivity index (χ1v) is 11.5. The zero-order valence-electron chi connectivity index (χ0n) is 21.0. The van der Waals surface area contributed by atoms with Crippen LogP contribution in [0.5, 0.6) is 17.2 Å². The second-order valence-corrected chi connectivity index (χ2v) is 8.75. The maximum absolute atomic E-state index is 13.8. The van der Waals surface area contributed by atoms with Gasteiger partial charge in [-0.25, -0.2) is 0 Å². The Morgan fingerprint density at radius 3 is 2.47 bits per heavy atom. The molecule has 0 unspecified atom stereocenters. The normalized spacial score (nSPS) is 15.8. The number of furan rings is 1. The van der Waals surface area contributed by atoms with Gasteiger partial charge < -0.3 is 33.5 Å². The van der Waals surface area contributed by atoms with Gasteiger partial charge in [-0.2, -0.15) is 0 Å². The number of rotatable bonds is 10. The maximum atomic E-state index is 13.8. The topological polar surface area (TPSA) is 102 Å². The number of ether oxygens (including phenoxy) is 3. The number of hydrogen-bond donors (Lipinski definition) is 1. The van der Waals surface area contributed by atoms with Crippen molar-refractivity contribution in [2.45, 2.75) is 12.5 Å². The molecule has 4 rings (SSSR count). The Morgan fingerprint density at radius 1 is 1.06 bits per heavy atom. The van der Waals surface area contributed by atoms with Gasteiger partial charge in [-0.05, 0) is 57.4 Å². The van der Waals surface area contributed by atoms with Crippen molar-refractivity contribution in [3.8, 4) is 17.2 Å². The van der Waals surface area contributed by atoms with Crippen molar-refractivity contribution in [2.75, 3.05) is 48.5 Å². The number of methoxy groups -OCH3 is 3. The van der Waals surface area contributed by atoms with Crippen molar-refractivity contribution in [1.82, 2.24) is 9.80 Å². The third-order valence-corrected chi connectivity index (χ3v) is 6.24. The molecular weight excluding hydrogens is 464 g/mol. The van der Waals surface area contributed by atoms with Gasteiger partial charge in [-0.15, -0.1) is 0 Å². The fraction of sp³-hybridized carbons (Fsp3) is 0.333. The molecule has 9 nitrogen and oxygen atoms in total. The highest BCUT2D eigenvalue weighted by Gasteiger charge is 2.45. The van der Waals surface area contributed by atoms with E-state index in [0.717, 1.165) is 6.54 Å². The summed E-state index contributed by atoms with van der Waals surface area (Å²) in [6, 6.07) is 11.1. The zero-order chi connectivity index (χ0) is 26.0. The molecule has 2 aromatic carbocycles. The molecule has 0 spiro atoms. The number of nitrogens with zero attached hydrogens (tertiary/aromatic N) is 2. The fourth-order valence-corrected chi connectivity index (χ4v) is 4.49. The first-order valence-electron chi connectivity index (χ1n) is 11.5. The van der Waals surface area contributed by atoms with Gasteiger partial charge in [0.15, 0.2) is 22.9 Å². The summed E-state index contributed by atoms with van der Waals surface area (Å²) in [7, 11) is 8.43. The van der Waals surface area contributed by atoms with E-state index in [9.17, 15) is 14.7 Å². The van der Waals surface area contributed by atoms with Crippen LogP contribution < -0.4 is 14.2 Å². The Morgan fingerprint density at radius 2 is 1.81 bits per heavy atom. The number of para-hydroxylation sites is 1. The van der Waals surface area contributed by atoms with Gasteiger partial charge in [0, 0.05) is 17.5 Å². The maximum Gasteiger partial charge on any atom is 0.290 e. The van der Waals surface area contributed by atoms with E-state index in [0.29, 0.717) is 46.7 Å². The number of benzene rings is 2. The Balaban J connectivity index is 1.83. The fourth-order valence-electron chi connectivity index (χ4n) is 4.49. The third-order valence-electron chi connectivity index (χ3n) is 6.24. The largest absolute Gasteiger partial charge is 0.503 e. The van der Waals surface area contributed by atoms with E-state index in [4.69, 9.17) is 18.6 Å². The number of hydrogen-bond acceptors (Lipinski definition) is 8. The molecular formula is C27H30N2O7. The van der Waals surface area contributed by atoms with E-state index >= 15 is 0 Å². The van der Waals surface area contributed by atoms with Crippen LogP contribution in [0.1, 0.15) is 28.6 Å². The van der Waals surface area contributed by atoms with Crippen LogP contribution in [0.4, 0.5) is 0 Å². The Hall–Kier alpha value is -3.98. The van der Waals surface area contributed by atoms with Crippen LogP contribution in [0, 0.1) is 0 Å². The quantitative estimate of drug-likeness (QED) is 0.422. The van der Waals surface area contributed by atoms with Crippen molar-refractivity contribution in [2.24, 2.45) is 0 Å². The second kappa shape index (κ2) is 10.3. The van der Waals surface area contributed by atoms with Gasteiger partial charge in [-0.1, -0.05) is 12.1 Å². The van der Waals surface area contributed by atoms with Gasteiger partial charge >= 0.3 is 0 Å². The van der Waals surface area contributed by atoms with Gasteiger partial charge in [0.2, 0.25) is 5.78 Å². The Kier molecular flexibility index (Phi) is 7.21. The molecule has 3 aromatic rings. The summed E-state index contributed by atoms with van der Waals surface area (Å²) in [6.07, 6.45) is 0.637. The lowest BCUT2D eigenvalue weighted by Gasteiger charge is -2.28. The summed E-state index contributed by atoms with van der Waals surface area (Å²) < 4.78 is 22.2. The van der Waals surface area contributed by atoms with Crippen LogP contribution in [0.25, 0.3) is 11.0 Å². The number of Topliss-reactive ketones (excluding diaryl/α,β-unsaturated/α-hetero) is 1. The zero-order valence-corrected chi connectivity index (χ0v) is 21.0. The lowest BCUT2D eigenvalue weighted by molar-refractivity contribution is -0.129. The van der Waals surface area contributed by atoms with Crippen LogP contribution in [0.2, 0.25) is 0 Å². The minimum absolute atomic E-state index is 0.00847. The summed E-state index contributed by atoms with van der Waals surface area (Å²) in [6.45, 7) is 1.04. The smallest absolute Gasteiger partial charge is 0.290 e. The number of aliphatic hydroxyl groups is 1. The van der Waals surface area contributed by atoms with E-state index in [2.05, 4.69) is 0 Å². The molecule has 1 amide bonds. The third kappa shape index (κ3) is 4.49. The monoisotopic (exact) mass is 494 g/mol. The molecule has 36 heavy (non-hydrogen) atoms. The number of carbonyl (C=O) groups excluding carboxylic acids is 2. The Labute approximate surface area is 209 Å². The molecule has 1 aliphatic rings. The highest BCUT2D eigenvalue weighted by molar-refractivity contribution is 6.16. The Bertz CT molecular complexity index is 1320. The number of fused-ring (bicyclic) bond motifs is 1. The molecule has 1 aromatic heterocycles. The van der Waals surface area contributed by atoms with Gasteiger partial charge in [0.1, 0.15) is 11.5 Å². The average Bonchev–Trinajstić information content (AvgIpc) is 3.42. The first-order chi connectivity index (χ1) is 17.3. The van der Waals surface area contributed by atoms with Gasteiger partial charge in [-0.3, -0.25) is 9.59 Å². The van der Waals surface area contributed by atoms with Crippen molar-refractivity contribution in [3.63, 3.8) is 0 Å². The lowest BCUT2D eigenvalue weighted by atomic mass is 9.94. The summed E-state index contributed by atoms with van der Waals surface area (Å²) in [5, 5.41) is 11.7. The molecule has 1 aliphatic heterocycles. The molecule has 9 heteroatoms. The van der Waals surface area contributed by atoms with Crippen molar-refractivity contribution < 1.29 is 33.3 Å². The average molecular weight is 495 g/mol. The van der Waals surface area contributed by atoms with Crippen molar-refractivity contribution in [1.29, 1.82) is 0 Å². The van der Waals surface area contributed by atoms with Gasteiger partial charge in [0.05, 0.1) is 32.9 Å². The molecule has 0 saturated carbocycles. The van der Waals surface area contributed by atoms with E-state index < -0.39 is 23.5 Å². The molecule has 0 saturated heterocycles. The van der Waals surface area contributed by atoms with Crippen molar-refractivity contribution in [3.05, 3.63) is 65.1 Å². The summed E-state index contributed by atoms with van der Waals surface area (Å²) in [5.74, 6) is -0.373. The lowest BCUT2D eigenvalue weighted by Crippen LogP contribution is -2.33. The number of aliphatic hydroxyl groups excluding tert-OH is 1. The standard InChI is InChI=1S/C27H30N2O7/c1-28(2)12-7-13-29-23(18-15-17(33-3)10-11-19(18)34-4)22(25(31)27(29)32)24(30)21-14-16-8-6-9-20(35-5)26(16)36-21/h6,8-11,14-15,23,31H,7,12-13H2,1-5H3/t23-/m1/s1. The molecule has 0 fully saturated rings. The summed E-state index contributed by atoms with van der Waals surface area (Å²) >= 11 is 0. The summed E-state index contributed by atoms with van der Waals surface area (Å²) in [5.41, 5.74) is 0.858. The highest BCUT2D eigenvalue weighted by Crippen LogP contribution is 2.44. The van der Waals surface area contributed by atoms with Crippen LogP contribution in [-0.4, -0.2) is 75.1 Å². The first kappa shape index (κ1) is 25.1. The predicted molar refractivity (Wildman–Crippen MR) is 134 cm³/mol. The van der Waals surface area contributed by atoms with Crippen LogP contribution in [0.15, 0.2) is 58.2 Å². The molecule has 1 atom stereocenters. The van der Waals surface area contributed by atoms with E-state index in [1.54, 1.807) is 42.5 Å². The number of amides is 1. The van der Waals surface area contributed by atoms with Crippen LogP contribution >= 0.6 is 0 Å². The molecule has 0 radical (unpaired) electrons. The van der Waals surface area contributed by atoms with Crippen LogP contribution in [0.3, 0.4) is 0 Å².